The number of carbonyl (C=O) groups excluding carboxylic acids is 1. The van der Waals surface area contributed by atoms with E-state index < -0.39 is 5.60 Å². The predicted octanol–water partition coefficient (Wildman–Crippen LogP) is 4.73. The van der Waals surface area contributed by atoms with Crippen LogP contribution in [0.4, 0.5) is 10.5 Å². The van der Waals surface area contributed by atoms with Crippen molar-refractivity contribution in [2.45, 2.75) is 89.3 Å². The van der Waals surface area contributed by atoms with Crippen LogP contribution in [0.3, 0.4) is 0 Å². The Bertz CT molecular complexity index is 1160. The molecule has 2 fully saturated rings. The molecule has 1 unspecified atom stereocenters. The zero-order chi connectivity index (χ0) is 25.7. The van der Waals surface area contributed by atoms with E-state index in [2.05, 4.69) is 41.1 Å². The number of anilines is 1. The van der Waals surface area contributed by atoms with Crippen LogP contribution in [0.15, 0.2) is 36.5 Å². The maximum atomic E-state index is 13.5. The van der Waals surface area contributed by atoms with Gasteiger partial charge in [0.1, 0.15) is 5.60 Å². The lowest BCUT2D eigenvalue weighted by molar-refractivity contribution is 0.00645. The standard InChI is InChI=1S/C30H40N4O3/c1-30(2,3)37-29(35)34-16-21-9-6-11-26(33-18-24-14-23(33)19-36-24)25(21)15-22(34)17-32(4)27-12-5-8-20-10-7-13-31-28(20)27/h6-7,9-11,13,22-24,27H,5,8,12,14-19H2,1-4H3/t22-,23+,24?,27+/m1/s1. The first-order chi connectivity index (χ1) is 17.8. The zero-order valence-electron chi connectivity index (χ0n) is 22.7. The van der Waals surface area contributed by atoms with E-state index in [1.807, 2.05) is 37.9 Å². The zero-order valence-corrected chi connectivity index (χ0v) is 22.7. The summed E-state index contributed by atoms with van der Waals surface area (Å²) in [6.45, 7) is 8.97. The molecule has 2 bridgehead atoms. The number of rotatable bonds is 4. The molecule has 0 spiro atoms. The fourth-order valence-electron chi connectivity index (χ4n) is 6.80. The van der Waals surface area contributed by atoms with Crippen molar-refractivity contribution >= 4 is 11.8 Å². The Labute approximate surface area is 220 Å². The van der Waals surface area contributed by atoms with Gasteiger partial charge in [-0.2, -0.15) is 0 Å². The molecule has 37 heavy (non-hydrogen) atoms. The number of aryl methyl sites for hydroxylation is 1. The van der Waals surface area contributed by atoms with Gasteiger partial charge in [0, 0.05) is 31.5 Å². The number of benzene rings is 1. The number of aromatic nitrogens is 1. The maximum Gasteiger partial charge on any atom is 0.410 e. The molecule has 7 nitrogen and oxygen atoms in total. The first-order valence-electron chi connectivity index (χ1n) is 13.9. The van der Waals surface area contributed by atoms with E-state index >= 15 is 0 Å². The summed E-state index contributed by atoms with van der Waals surface area (Å²) in [5, 5.41) is 0. The van der Waals surface area contributed by atoms with Crippen molar-refractivity contribution in [1.29, 1.82) is 0 Å². The maximum absolute atomic E-state index is 13.5. The predicted molar refractivity (Wildman–Crippen MR) is 144 cm³/mol. The molecule has 1 aromatic heterocycles. The van der Waals surface area contributed by atoms with Gasteiger partial charge in [0.25, 0.3) is 0 Å². The molecule has 1 aromatic carbocycles. The number of hydrogen-bond acceptors (Lipinski definition) is 6. The number of likely N-dealkylation sites (N-methyl/N-ethyl adjacent to an activating group) is 1. The Balaban J connectivity index is 1.30. The van der Waals surface area contributed by atoms with Crippen LogP contribution in [0.25, 0.3) is 0 Å². The molecule has 0 radical (unpaired) electrons. The van der Waals surface area contributed by atoms with Crippen LogP contribution in [0.1, 0.15) is 68.5 Å². The van der Waals surface area contributed by atoms with Crippen molar-refractivity contribution in [3.63, 3.8) is 0 Å². The average molecular weight is 505 g/mol. The Kier molecular flexibility index (Phi) is 6.40. The van der Waals surface area contributed by atoms with Crippen molar-refractivity contribution in [3.05, 3.63) is 58.9 Å². The van der Waals surface area contributed by atoms with Crippen LogP contribution in [0.5, 0.6) is 0 Å². The first kappa shape index (κ1) is 24.7. The lowest BCUT2D eigenvalue weighted by Gasteiger charge is -2.43. The summed E-state index contributed by atoms with van der Waals surface area (Å²) < 4.78 is 11.8. The lowest BCUT2D eigenvalue weighted by Crippen LogP contribution is -2.52. The van der Waals surface area contributed by atoms with Crippen molar-refractivity contribution < 1.29 is 14.3 Å². The van der Waals surface area contributed by atoms with Gasteiger partial charge in [0.05, 0.1) is 36.5 Å². The smallest absolute Gasteiger partial charge is 0.410 e. The third kappa shape index (κ3) is 4.84. The van der Waals surface area contributed by atoms with E-state index in [-0.39, 0.29) is 18.2 Å². The molecule has 6 rings (SSSR count). The number of fused-ring (bicyclic) bond motifs is 4. The van der Waals surface area contributed by atoms with Crippen LogP contribution in [0, 0.1) is 0 Å². The minimum Gasteiger partial charge on any atom is -0.444 e. The highest BCUT2D eigenvalue weighted by molar-refractivity contribution is 5.70. The molecule has 0 N–H and O–H groups in total. The van der Waals surface area contributed by atoms with Gasteiger partial charge in [0.15, 0.2) is 0 Å². The molecule has 2 aromatic rings. The van der Waals surface area contributed by atoms with Gasteiger partial charge < -0.3 is 14.4 Å². The Morgan fingerprint density at radius 1 is 1.22 bits per heavy atom. The van der Waals surface area contributed by atoms with E-state index in [4.69, 9.17) is 14.5 Å². The largest absolute Gasteiger partial charge is 0.444 e. The Hall–Kier alpha value is -2.64. The van der Waals surface area contributed by atoms with Crippen LogP contribution < -0.4 is 4.90 Å². The number of ether oxygens (including phenoxy) is 2. The second-order valence-corrected chi connectivity index (χ2v) is 12.3. The molecule has 4 atom stereocenters. The summed E-state index contributed by atoms with van der Waals surface area (Å²) >= 11 is 0. The molecule has 198 valence electrons. The van der Waals surface area contributed by atoms with Gasteiger partial charge in [-0.25, -0.2) is 4.79 Å². The van der Waals surface area contributed by atoms with Gasteiger partial charge >= 0.3 is 6.09 Å². The van der Waals surface area contributed by atoms with E-state index in [1.165, 1.54) is 34.5 Å². The van der Waals surface area contributed by atoms with E-state index in [0.717, 1.165) is 45.4 Å². The summed E-state index contributed by atoms with van der Waals surface area (Å²) in [7, 11) is 2.19. The highest BCUT2D eigenvalue weighted by Gasteiger charge is 2.42. The third-order valence-corrected chi connectivity index (χ3v) is 8.50. The number of nitrogens with zero attached hydrogens (tertiary/aromatic N) is 4. The number of morpholine rings is 1. The quantitative estimate of drug-likeness (QED) is 0.600. The molecule has 4 aliphatic rings. The second-order valence-electron chi connectivity index (χ2n) is 12.3. The topological polar surface area (TPSA) is 58.1 Å². The highest BCUT2D eigenvalue weighted by Crippen LogP contribution is 2.39. The molecule has 0 saturated carbocycles. The van der Waals surface area contributed by atoms with Crippen LogP contribution in [0.2, 0.25) is 0 Å². The fraction of sp³-hybridized carbons (Fsp3) is 0.600. The molecule has 1 aliphatic carbocycles. The molecule has 1 amide bonds. The SMILES string of the molecule is CN(C[C@H]1Cc2c(cccc2N2CC3C[C@H]2CO3)CN1C(=O)OC(C)(C)C)[C@H]1CCCc2cccnc21. The summed E-state index contributed by atoms with van der Waals surface area (Å²) in [5.41, 5.74) is 5.97. The molecular formula is C30H40N4O3. The van der Waals surface area contributed by atoms with Gasteiger partial charge in [-0.3, -0.25) is 14.8 Å². The van der Waals surface area contributed by atoms with E-state index in [0.29, 0.717) is 18.7 Å². The number of pyridine rings is 1. The Morgan fingerprint density at radius 2 is 2.05 bits per heavy atom. The monoisotopic (exact) mass is 504 g/mol. The number of amides is 1. The third-order valence-electron chi connectivity index (χ3n) is 8.50. The Morgan fingerprint density at radius 3 is 2.81 bits per heavy atom. The second kappa shape index (κ2) is 9.59. The van der Waals surface area contributed by atoms with Crippen molar-refractivity contribution in [3.8, 4) is 0 Å². The minimum absolute atomic E-state index is 0.0265. The number of carbonyl (C=O) groups is 1. The van der Waals surface area contributed by atoms with Gasteiger partial charge in [0.2, 0.25) is 0 Å². The first-order valence-corrected chi connectivity index (χ1v) is 13.9. The van der Waals surface area contributed by atoms with Crippen LogP contribution in [-0.2, 0) is 28.9 Å². The molecular weight excluding hydrogens is 464 g/mol. The molecule has 3 aliphatic heterocycles. The van der Waals surface area contributed by atoms with Crippen molar-refractivity contribution in [2.24, 2.45) is 0 Å². The molecule has 2 saturated heterocycles. The lowest BCUT2D eigenvalue weighted by atomic mass is 9.89. The van der Waals surface area contributed by atoms with Crippen molar-refractivity contribution in [1.82, 2.24) is 14.8 Å². The normalized spacial score (nSPS) is 26.8. The van der Waals surface area contributed by atoms with Gasteiger partial charge in [-0.05, 0) is 88.7 Å². The summed E-state index contributed by atoms with van der Waals surface area (Å²) in [6.07, 6.45) is 7.34. The minimum atomic E-state index is -0.531. The highest BCUT2D eigenvalue weighted by atomic mass is 16.6. The van der Waals surface area contributed by atoms with Gasteiger partial charge in [-0.15, -0.1) is 0 Å². The molecule has 7 heteroatoms. The number of hydrogen-bond donors (Lipinski definition) is 0. The molecule has 4 heterocycles. The van der Waals surface area contributed by atoms with Crippen LogP contribution >= 0.6 is 0 Å². The van der Waals surface area contributed by atoms with Crippen molar-refractivity contribution in [2.75, 3.05) is 31.6 Å². The van der Waals surface area contributed by atoms with E-state index in [9.17, 15) is 4.79 Å². The van der Waals surface area contributed by atoms with Gasteiger partial charge in [-0.1, -0.05) is 18.2 Å². The average Bonchev–Trinajstić information content (AvgIpc) is 3.50. The van der Waals surface area contributed by atoms with Crippen LogP contribution in [-0.4, -0.2) is 71.4 Å². The summed E-state index contributed by atoms with van der Waals surface area (Å²) in [6, 6.07) is 11.6. The fourth-order valence-corrected chi connectivity index (χ4v) is 6.80. The summed E-state index contributed by atoms with van der Waals surface area (Å²) in [4.78, 5) is 25.2. The summed E-state index contributed by atoms with van der Waals surface area (Å²) in [5.74, 6) is 0. The van der Waals surface area contributed by atoms with E-state index in [1.54, 1.807) is 0 Å².